The third-order valence-corrected chi connectivity index (χ3v) is 5.76. The van der Waals surface area contributed by atoms with Gasteiger partial charge in [0.05, 0.1) is 4.75 Å². The predicted molar refractivity (Wildman–Crippen MR) is 74.8 cm³/mol. The second-order valence-corrected chi connectivity index (χ2v) is 7.28. The van der Waals surface area contributed by atoms with Gasteiger partial charge in [0.25, 0.3) is 0 Å². The average Bonchev–Trinajstić information content (AvgIpc) is 2.69. The van der Waals surface area contributed by atoms with E-state index < -0.39 is 0 Å². The summed E-state index contributed by atoms with van der Waals surface area (Å²) in [5, 5.41) is 0. The van der Waals surface area contributed by atoms with Crippen molar-refractivity contribution >= 4 is 29.3 Å². The van der Waals surface area contributed by atoms with Crippen molar-refractivity contribution in [3.8, 4) is 0 Å². The third kappa shape index (κ3) is 2.93. The molecular formula is C13H22ClNOS. The molecule has 0 aromatic rings. The Hall–Kier alpha value is 0.110. The van der Waals surface area contributed by atoms with E-state index in [0.717, 1.165) is 25.1 Å². The van der Waals surface area contributed by atoms with E-state index in [-0.39, 0.29) is 4.75 Å². The molecule has 1 saturated heterocycles. The van der Waals surface area contributed by atoms with E-state index in [1.54, 1.807) is 0 Å². The van der Waals surface area contributed by atoms with E-state index in [0.29, 0.717) is 17.8 Å². The van der Waals surface area contributed by atoms with Crippen LogP contribution in [0.4, 0.5) is 0 Å². The maximum Gasteiger partial charge on any atom is 0.238 e. The highest BCUT2D eigenvalue weighted by atomic mass is 35.5. The fourth-order valence-electron chi connectivity index (χ4n) is 2.63. The van der Waals surface area contributed by atoms with Gasteiger partial charge in [-0.1, -0.05) is 0 Å². The molecule has 1 atom stereocenters. The Balaban J connectivity index is 2.00. The first kappa shape index (κ1) is 13.5. The number of hydrogen-bond donors (Lipinski definition) is 0. The number of rotatable bonds is 5. The normalized spacial score (nSPS) is 29.1. The van der Waals surface area contributed by atoms with Crippen LogP contribution in [0.3, 0.4) is 0 Å². The molecule has 2 rings (SSSR count). The van der Waals surface area contributed by atoms with Crippen molar-refractivity contribution in [1.29, 1.82) is 0 Å². The summed E-state index contributed by atoms with van der Waals surface area (Å²) in [6.07, 6.45) is 6.80. The lowest BCUT2D eigenvalue weighted by Crippen LogP contribution is -2.51. The van der Waals surface area contributed by atoms with Crippen molar-refractivity contribution in [1.82, 2.24) is 4.90 Å². The van der Waals surface area contributed by atoms with E-state index in [1.807, 2.05) is 11.8 Å². The van der Waals surface area contributed by atoms with E-state index in [4.69, 9.17) is 11.6 Å². The molecule has 1 aliphatic heterocycles. The van der Waals surface area contributed by atoms with Crippen LogP contribution in [0.5, 0.6) is 0 Å². The molecule has 1 saturated carbocycles. The number of hydrogen-bond acceptors (Lipinski definition) is 2. The molecule has 1 aliphatic carbocycles. The molecule has 98 valence electrons. The quantitative estimate of drug-likeness (QED) is 0.718. The van der Waals surface area contributed by atoms with Crippen LogP contribution in [-0.2, 0) is 4.79 Å². The van der Waals surface area contributed by atoms with Gasteiger partial charge in [-0.25, -0.2) is 0 Å². The number of alkyl halides is 1. The standard InChI is InChI=1S/C13H22ClNOS/c1-13(7-3-10-17-13)12(16)15(9-4-8-14)11-5-2-6-11/h11H,2-10H2,1H3. The number of carbonyl (C=O) groups excluding carboxylic acids is 1. The molecule has 0 bridgehead atoms. The first-order chi connectivity index (χ1) is 8.17. The van der Waals surface area contributed by atoms with Crippen LogP contribution in [0.1, 0.15) is 45.4 Å². The van der Waals surface area contributed by atoms with Crippen LogP contribution in [0, 0.1) is 0 Å². The second-order valence-electron chi connectivity index (χ2n) is 5.31. The summed E-state index contributed by atoms with van der Waals surface area (Å²) in [7, 11) is 0. The monoisotopic (exact) mass is 275 g/mol. The van der Waals surface area contributed by atoms with Crippen LogP contribution >= 0.6 is 23.4 Å². The predicted octanol–water partition coefficient (Wildman–Crippen LogP) is 3.28. The lowest BCUT2D eigenvalue weighted by Gasteiger charge is -2.41. The van der Waals surface area contributed by atoms with Crippen molar-refractivity contribution in [2.45, 2.75) is 56.2 Å². The SMILES string of the molecule is CC1(C(=O)N(CCCCl)C2CCC2)CCCS1. The van der Waals surface area contributed by atoms with E-state index in [2.05, 4.69) is 11.8 Å². The third-order valence-electron chi connectivity index (χ3n) is 3.98. The van der Waals surface area contributed by atoms with E-state index in [1.165, 1.54) is 25.7 Å². The maximum atomic E-state index is 12.7. The largest absolute Gasteiger partial charge is 0.338 e. The Kier molecular flexibility index (Phi) is 4.65. The molecule has 1 unspecified atom stereocenters. The molecule has 0 aromatic carbocycles. The molecule has 2 aliphatic rings. The highest BCUT2D eigenvalue weighted by molar-refractivity contribution is 8.01. The minimum Gasteiger partial charge on any atom is -0.338 e. The van der Waals surface area contributed by atoms with Gasteiger partial charge in [0.15, 0.2) is 0 Å². The van der Waals surface area contributed by atoms with Crippen LogP contribution in [0.2, 0.25) is 0 Å². The van der Waals surface area contributed by atoms with Crippen LogP contribution < -0.4 is 0 Å². The first-order valence-electron chi connectivity index (χ1n) is 6.68. The summed E-state index contributed by atoms with van der Waals surface area (Å²) >= 11 is 7.61. The molecule has 0 aromatic heterocycles. The Morgan fingerprint density at radius 2 is 2.24 bits per heavy atom. The average molecular weight is 276 g/mol. The molecule has 2 fully saturated rings. The summed E-state index contributed by atoms with van der Waals surface area (Å²) < 4.78 is -0.151. The fraction of sp³-hybridized carbons (Fsp3) is 0.923. The van der Waals surface area contributed by atoms with E-state index in [9.17, 15) is 4.79 Å². The number of halogens is 1. The van der Waals surface area contributed by atoms with Crippen molar-refractivity contribution in [3.63, 3.8) is 0 Å². The molecular weight excluding hydrogens is 254 g/mol. The molecule has 0 N–H and O–H groups in total. The Bertz CT molecular complexity index is 275. The molecule has 0 radical (unpaired) electrons. The van der Waals surface area contributed by atoms with Crippen molar-refractivity contribution < 1.29 is 4.79 Å². The summed E-state index contributed by atoms with van der Waals surface area (Å²) in [4.78, 5) is 14.8. The zero-order chi connectivity index (χ0) is 12.3. The zero-order valence-electron chi connectivity index (χ0n) is 10.6. The number of thioether (sulfide) groups is 1. The van der Waals surface area contributed by atoms with Gasteiger partial charge in [-0.15, -0.1) is 23.4 Å². The first-order valence-corrected chi connectivity index (χ1v) is 8.20. The Morgan fingerprint density at radius 3 is 2.71 bits per heavy atom. The zero-order valence-corrected chi connectivity index (χ0v) is 12.2. The molecule has 1 heterocycles. The number of amides is 1. The summed E-state index contributed by atoms with van der Waals surface area (Å²) in [5.41, 5.74) is 0. The molecule has 2 nitrogen and oxygen atoms in total. The molecule has 1 amide bonds. The van der Waals surface area contributed by atoms with Gasteiger partial charge in [0.2, 0.25) is 5.91 Å². The minimum absolute atomic E-state index is 0.151. The van der Waals surface area contributed by atoms with Gasteiger partial charge in [-0.05, 0) is 51.2 Å². The fourth-order valence-corrected chi connectivity index (χ4v) is 4.02. The highest BCUT2D eigenvalue weighted by Gasteiger charge is 2.42. The van der Waals surface area contributed by atoms with Crippen molar-refractivity contribution in [2.24, 2.45) is 0 Å². The van der Waals surface area contributed by atoms with Gasteiger partial charge in [0.1, 0.15) is 0 Å². The smallest absolute Gasteiger partial charge is 0.238 e. The van der Waals surface area contributed by atoms with Crippen molar-refractivity contribution in [2.75, 3.05) is 18.2 Å². The lowest BCUT2D eigenvalue weighted by atomic mass is 9.90. The van der Waals surface area contributed by atoms with Crippen LogP contribution in [-0.4, -0.2) is 39.8 Å². The van der Waals surface area contributed by atoms with Gasteiger partial charge in [0, 0.05) is 18.5 Å². The van der Waals surface area contributed by atoms with Crippen LogP contribution in [0.15, 0.2) is 0 Å². The Morgan fingerprint density at radius 1 is 1.47 bits per heavy atom. The number of nitrogens with zero attached hydrogens (tertiary/aromatic N) is 1. The summed E-state index contributed by atoms with van der Waals surface area (Å²) in [6, 6.07) is 0.503. The second kappa shape index (κ2) is 5.83. The number of carbonyl (C=O) groups is 1. The maximum absolute atomic E-state index is 12.7. The molecule has 17 heavy (non-hydrogen) atoms. The minimum atomic E-state index is -0.151. The van der Waals surface area contributed by atoms with Gasteiger partial charge in [-0.2, -0.15) is 0 Å². The van der Waals surface area contributed by atoms with Gasteiger partial charge in [-0.3, -0.25) is 4.79 Å². The van der Waals surface area contributed by atoms with Gasteiger partial charge < -0.3 is 4.90 Å². The lowest BCUT2D eigenvalue weighted by molar-refractivity contribution is -0.137. The van der Waals surface area contributed by atoms with Crippen LogP contribution in [0.25, 0.3) is 0 Å². The Labute approximate surface area is 113 Å². The molecule has 4 heteroatoms. The highest BCUT2D eigenvalue weighted by Crippen LogP contribution is 2.40. The van der Waals surface area contributed by atoms with Crippen molar-refractivity contribution in [3.05, 3.63) is 0 Å². The summed E-state index contributed by atoms with van der Waals surface area (Å²) in [5.74, 6) is 2.16. The van der Waals surface area contributed by atoms with E-state index >= 15 is 0 Å². The van der Waals surface area contributed by atoms with Gasteiger partial charge >= 0.3 is 0 Å². The summed E-state index contributed by atoms with van der Waals surface area (Å²) in [6.45, 7) is 2.97. The molecule has 0 spiro atoms. The topological polar surface area (TPSA) is 20.3 Å².